The van der Waals surface area contributed by atoms with Gasteiger partial charge in [0, 0.05) is 6.42 Å². The monoisotopic (exact) mass is 324 g/mol. The molecule has 0 aliphatic carbocycles. The summed E-state index contributed by atoms with van der Waals surface area (Å²) in [6.45, 7) is 4.59. The molecule has 3 amide bonds. The topological polar surface area (TPSA) is 67.9 Å². The molecule has 1 N–H and O–H groups in total. The molecule has 118 valence electrons. The van der Waals surface area contributed by atoms with Crippen LogP contribution in [0.4, 0.5) is 4.79 Å². The maximum absolute atomic E-state index is 12.2. The number of amides is 3. The van der Waals surface area contributed by atoms with Crippen LogP contribution in [-0.2, 0) is 11.3 Å². The van der Waals surface area contributed by atoms with Crippen molar-refractivity contribution in [3.8, 4) is 11.5 Å². The van der Waals surface area contributed by atoms with E-state index in [1.54, 1.807) is 26.0 Å². The number of carbonyl (C=O) groups excluding carboxylic acids is 2. The van der Waals surface area contributed by atoms with Gasteiger partial charge in [-0.05, 0) is 31.5 Å². The smallest absolute Gasteiger partial charge is 0.325 e. The van der Waals surface area contributed by atoms with Gasteiger partial charge >= 0.3 is 6.03 Å². The fourth-order valence-electron chi connectivity index (χ4n) is 2.52. The molecule has 0 saturated carbocycles. The standard InChI is InChI=1S/C15H17ClN2O4/c1-15(2)13(19)18(14(20)17-15)8-9-6-10(16)12-11(7-9)21-4-3-5-22-12/h6-7H,3-5,8H2,1-2H3,(H,17,20). The highest BCUT2D eigenvalue weighted by Crippen LogP contribution is 2.38. The second-order valence-corrected chi connectivity index (χ2v) is 6.31. The van der Waals surface area contributed by atoms with Gasteiger partial charge in [0.15, 0.2) is 11.5 Å². The Balaban J connectivity index is 1.87. The summed E-state index contributed by atoms with van der Waals surface area (Å²) >= 11 is 6.23. The molecule has 1 aromatic rings. The number of ether oxygens (including phenoxy) is 2. The Morgan fingerprint density at radius 1 is 1.27 bits per heavy atom. The van der Waals surface area contributed by atoms with Crippen molar-refractivity contribution >= 4 is 23.5 Å². The molecule has 0 atom stereocenters. The van der Waals surface area contributed by atoms with Gasteiger partial charge in [0.25, 0.3) is 5.91 Å². The van der Waals surface area contributed by atoms with E-state index in [9.17, 15) is 9.59 Å². The molecule has 0 aromatic heterocycles. The van der Waals surface area contributed by atoms with Crippen LogP contribution in [0.3, 0.4) is 0 Å². The number of hydrogen-bond acceptors (Lipinski definition) is 4. The molecule has 7 heteroatoms. The van der Waals surface area contributed by atoms with E-state index < -0.39 is 11.6 Å². The van der Waals surface area contributed by atoms with Crippen LogP contribution in [-0.4, -0.2) is 35.6 Å². The summed E-state index contributed by atoms with van der Waals surface area (Å²) in [5.41, 5.74) is -0.165. The van der Waals surface area contributed by atoms with Gasteiger partial charge < -0.3 is 14.8 Å². The van der Waals surface area contributed by atoms with E-state index in [1.807, 2.05) is 0 Å². The van der Waals surface area contributed by atoms with Crippen LogP contribution in [0, 0.1) is 0 Å². The van der Waals surface area contributed by atoms with Crippen molar-refractivity contribution in [3.63, 3.8) is 0 Å². The predicted octanol–water partition coefficient (Wildman–Crippen LogP) is 2.33. The van der Waals surface area contributed by atoms with E-state index in [1.165, 1.54) is 4.90 Å². The van der Waals surface area contributed by atoms with Crippen LogP contribution < -0.4 is 14.8 Å². The van der Waals surface area contributed by atoms with Gasteiger partial charge in [-0.25, -0.2) is 4.79 Å². The average Bonchev–Trinajstić information content (AvgIpc) is 2.64. The van der Waals surface area contributed by atoms with Gasteiger partial charge in [-0.3, -0.25) is 9.69 Å². The third-order valence-corrected chi connectivity index (χ3v) is 3.93. The van der Waals surface area contributed by atoms with Crippen molar-refractivity contribution in [3.05, 3.63) is 22.7 Å². The van der Waals surface area contributed by atoms with Gasteiger partial charge in [-0.1, -0.05) is 11.6 Å². The number of nitrogens with one attached hydrogen (secondary N) is 1. The maximum Gasteiger partial charge on any atom is 0.325 e. The van der Waals surface area contributed by atoms with Gasteiger partial charge in [0.2, 0.25) is 0 Å². The summed E-state index contributed by atoms with van der Waals surface area (Å²) in [6, 6.07) is 3.05. The summed E-state index contributed by atoms with van der Waals surface area (Å²) in [4.78, 5) is 25.3. The van der Waals surface area contributed by atoms with Gasteiger partial charge in [-0.2, -0.15) is 0 Å². The van der Waals surface area contributed by atoms with Gasteiger partial charge in [0.1, 0.15) is 5.54 Å². The zero-order valence-electron chi connectivity index (χ0n) is 12.4. The summed E-state index contributed by atoms with van der Waals surface area (Å²) < 4.78 is 11.2. The highest BCUT2D eigenvalue weighted by atomic mass is 35.5. The van der Waals surface area contributed by atoms with Crippen molar-refractivity contribution < 1.29 is 19.1 Å². The minimum absolute atomic E-state index is 0.143. The number of hydrogen-bond donors (Lipinski definition) is 1. The number of carbonyl (C=O) groups is 2. The Hall–Kier alpha value is -1.95. The molecule has 0 spiro atoms. The lowest BCUT2D eigenvalue weighted by atomic mass is 10.1. The quantitative estimate of drug-likeness (QED) is 0.848. The highest BCUT2D eigenvalue weighted by Gasteiger charge is 2.44. The summed E-state index contributed by atoms with van der Waals surface area (Å²) in [7, 11) is 0. The van der Waals surface area contributed by atoms with E-state index in [4.69, 9.17) is 21.1 Å². The highest BCUT2D eigenvalue weighted by molar-refractivity contribution is 6.32. The molecule has 1 aromatic carbocycles. The molecule has 0 bridgehead atoms. The summed E-state index contributed by atoms with van der Waals surface area (Å²) in [5.74, 6) is 0.799. The van der Waals surface area contributed by atoms with E-state index >= 15 is 0 Å². The molecule has 0 unspecified atom stereocenters. The largest absolute Gasteiger partial charge is 0.489 e. The molecule has 3 rings (SSSR count). The third-order valence-electron chi connectivity index (χ3n) is 3.65. The Kier molecular flexibility index (Phi) is 3.64. The number of imide groups is 1. The van der Waals surface area contributed by atoms with Crippen LogP contribution >= 0.6 is 11.6 Å². The second-order valence-electron chi connectivity index (χ2n) is 5.90. The fraction of sp³-hybridized carbons (Fsp3) is 0.467. The molecule has 1 fully saturated rings. The lowest BCUT2D eigenvalue weighted by Gasteiger charge is -2.17. The predicted molar refractivity (Wildman–Crippen MR) is 80.2 cm³/mol. The van der Waals surface area contributed by atoms with Crippen molar-refractivity contribution in [2.45, 2.75) is 32.4 Å². The molecule has 22 heavy (non-hydrogen) atoms. The molecule has 0 radical (unpaired) electrons. The fourth-order valence-corrected chi connectivity index (χ4v) is 2.81. The van der Waals surface area contributed by atoms with E-state index in [0.717, 1.165) is 12.0 Å². The average molecular weight is 325 g/mol. The number of rotatable bonds is 2. The molecule has 2 aliphatic rings. The van der Waals surface area contributed by atoms with E-state index in [-0.39, 0.29) is 12.5 Å². The van der Waals surface area contributed by atoms with Gasteiger partial charge in [0.05, 0.1) is 24.8 Å². The lowest BCUT2D eigenvalue weighted by molar-refractivity contribution is -0.130. The molecule has 1 saturated heterocycles. The van der Waals surface area contributed by atoms with Crippen LogP contribution in [0.5, 0.6) is 11.5 Å². The number of benzene rings is 1. The summed E-state index contributed by atoms with van der Waals surface area (Å²) in [5, 5.41) is 3.07. The van der Waals surface area contributed by atoms with Crippen molar-refractivity contribution in [2.24, 2.45) is 0 Å². The molecular formula is C15H17ClN2O4. The minimum Gasteiger partial charge on any atom is -0.489 e. The van der Waals surface area contributed by atoms with Crippen molar-refractivity contribution in [2.75, 3.05) is 13.2 Å². The zero-order chi connectivity index (χ0) is 15.9. The van der Waals surface area contributed by atoms with E-state index in [2.05, 4.69) is 5.32 Å². The minimum atomic E-state index is -0.883. The first-order valence-corrected chi connectivity index (χ1v) is 7.48. The Labute approximate surface area is 133 Å². The summed E-state index contributed by atoms with van der Waals surface area (Å²) in [6.07, 6.45) is 0.779. The van der Waals surface area contributed by atoms with Crippen LogP contribution in [0.25, 0.3) is 0 Å². The lowest BCUT2D eigenvalue weighted by Crippen LogP contribution is -2.40. The Morgan fingerprint density at radius 2 is 2.00 bits per heavy atom. The first-order chi connectivity index (χ1) is 10.4. The second kappa shape index (κ2) is 5.35. The maximum atomic E-state index is 12.2. The van der Waals surface area contributed by atoms with Crippen molar-refractivity contribution in [1.29, 1.82) is 0 Å². The number of fused-ring (bicyclic) bond motifs is 1. The molecule has 2 heterocycles. The van der Waals surface area contributed by atoms with E-state index in [0.29, 0.717) is 29.7 Å². The third kappa shape index (κ3) is 2.59. The molecule has 2 aliphatic heterocycles. The first kappa shape index (κ1) is 15.0. The number of nitrogens with zero attached hydrogens (tertiary/aromatic N) is 1. The van der Waals surface area contributed by atoms with Gasteiger partial charge in [-0.15, -0.1) is 0 Å². The van der Waals surface area contributed by atoms with Crippen LogP contribution in [0.2, 0.25) is 5.02 Å². The molecular weight excluding hydrogens is 308 g/mol. The van der Waals surface area contributed by atoms with Crippen LogP contribution in [0.15, 0.2) is 12.1 Å². The first-order valence-electron chi connectivity index (χ1n) is 7.10. The number of urea groups is 1. The molecule has 6 nitrogen and oxygen atoms in total. The zero-order valence-corrected chi connectivity index (χ0v) is 13.2. The SMILES string of the molecule is CC1(C)NC(=O)N(Cc2cc(Cl)c3c(c2)OCCCO3)C1=O. The Morgan fingerprint density at radius 3 is 2.68 bits per heavy atom. The number of halogens is 1. The van der Waals surface area contributed by atoms with Crippen LogP contribution in [0.1, 0.15) is 25.8 Å². The normalized spacial score (nSPS) is 19.9. The Bertz CT molecular complexity index is 645. The van der Waals surface area contributed by atoms with Crippen molar-refractivity contribution in [1.82, 2.24) is 10.2 Å².